The monoisotopic (exact) mass is 373 g/mol. The second-order valence-corrected chi connectivity index (χ2v) is 5.85. The Balaban J connectivity index is 1.94. The van der Waals surface area contributed by atoms with E-state index in [2.05, 4.69) is 15.3 Å². The molecule has 1 aromatic heterocycles. The van der Waals surface area contributed by atoms with Gasteiger partial charge >= 0.3 is 6.18 Å². The van der Waals surface area contributed by atoms with Crippen molar-refractivity contribution in [1.82, 2.24) is 9.97 Å². The lowest BCUT2D eigenvalue weighted by atomic mass is 10.2. The molecule has 10 heteroatoms. The van der Waals surface area contributed by atoms with Crippen molar-refractivity contribution in [2.75, 3.05) is 18.2 Å². The quantitative estimate of drug-likeness (QED) is 0.601. The Bertz CT molecular complexity index is 791. The van der Waals surface area contributed by atoms with Crippen molar-refractivity contribution in [3.05, 3.63) is 51.9 Å². The zero-order valence-electron chi connectivity index (χ0n) is 13.0. The number of nitrogens with zero attached hydrogens (tertiary/aromatic N) is 1. The van der Waals surface area contributed by atoms with Gasteiger partial charge in [-0.1, -0.05) is 11.8 Å². The third-order valence-electron chi connectivity index (χ3n) is 2.90. The number of hydrogen-bond donors (Lipinski definition) is 2. The summed E-state index contributed by atoms with van der Waals surface area (Å²) in [5, 5.41) is 2.73. The summed E-state index contributed by atoms with van der Waals surface area (Å²) in [5.74, 6) is -0.509. The fourth-order valence-electron chi connectivity index (χ4n) is 1.85. The van der Waals surface area contributed by atoms with Gasteiger partial charge in [0.25, 0.3) is 5.56 Å². The van der Waals surface area contributed by atoms with Crippen molar-refractivity contribution in [2.45, 2.75) is 17.9 Å². The molecule has 1 aromatic carbocycles. The Hall–Kier alpha value is -2.33. The highest BCUT2D eigenvalue weighted by atomic mass is 32.2. The standard InChI is InChI=1S/C15H14F3N3O3S/c1-24-7-11-6-12(22)21-14(20-11)25-8-13(23)19-10-4-2-9(3-5-10)15(16,17)18/h2-6H,7-8H2,1H3,(H,19,23)(H,20,21,22). The number of nitrogens with one attached hydrogen (secondary N) is 2. The number of H-pyrrole nitrogens is 1. The van der Waals surface area contributed by atoms with Gasteiger partial charge in [0.1, 0.15) is 0 Å². The molecule has 2 rings (SSSR count). The molecule has 0 aliphatic rings. The lowest BCUT2D eigenvalue weighted by molar-refractivity contribution is -0.137. The lowest BCUT2D eigenvalue weighted by Gasteiger charge is -2.09. The molecule has 0 saturated carbocycles. The van der Waals surface area contributed by atoms with Crippen molar-refractivity contribution in [3.63, 3.8) is 0 Å². The number of amides is 1. The van der Waals surface area contributed by atoms with Gasteiger partial charge in [-0.15, -0.1) is 0 Å². The van der Waals surface area contributed by atoms with Crippen LogP contribution in [0.3, 0.4) is 0 Å². The van der Waals surface area contributed by atoms with Crippen LogP contribution in [-0.4, -0.2) is 28.7 Å². The predicted octanol–water partition coefficient (Wildman–Crippen LogP) is 2.67. The Morgan fingerprint density at radius 1 is 1.32 bits per heavy atom. The van der Waals surface area contributed by atoms with E-state index in [0.29, 0.717) is 5.69 Å². The normalized spacial score (nSPS) is 11.4. The van der Waals surface area contributed by atoms with Crippen molar-refractivity contribution in [3.8, 4) is 0 Å². The SMILES string of the molecule is COCc1cc(=O)[nH]c(SCC(=O)Nc2ccc(C(F)(F)F)cc2)n1. The highest BCUT2D eigenvalue weighted by Gasteiger charge is 2.29. The van der Waals surface area contributed by atoms with Gasteiger partial charge in [-0.05, 0) is 24.3 Å². The fraction of sp³-hybridized carbons (Fsp3) is 0.267. The van der Waals surface area contributed by atoms with Crippen molar-refractivity contribution in [2.24, 2.45) is 0 Å². The van der Waals surface area contributed by atoms with E-state index < -0.39 is 17.6 Å². The minimum Gasteiger partial charge on any atom is -0.378 e. The van der Waals surface area contributed by atoms with Crippen LogP contribution in [0.25, 0.3) is 0 Å². The van der Waals surface area contributed by atoms with Gasteiger partial charge in [0.2, 0.25) is 5.91 Å². The number of hydrogen-bond acceptors (Lipinski definition) is 5. The molecule has 1 amide bonds. The van der Waals surface area contributed by atoms with E-state index >= 15 is 0 Å². The Labute approximate surface area is 144 Å². The number of methoxy groups -OCH3 is 1. The molecule has 1 heterocycles. The van der Waals surface area contributed by atoms with Crippen LogP contribution in [0.1, 0.15) is 11.3 Å². The third-order valence-corrected chi connectivity index (χ3v) is 3.77. The van der Waals surface area contributed by atoms with Gasteiger partial charge in [0.15, 0.2) is 5.16 Å². The summed E-state index contributed by atoms with van der Waals surface area (Å²) in [5.41, 5.74) is -0.491. The molecular formula is C15H14F3N3O3S. The summed E-state index contributed by atoms with van der Waals surface area (Å²) >= 11 is 0.995. The molecule has 2 aromatic rings. The number of thioether (sulfide) groups is 1. The molecule has 0 unspecified atom stereocenters. The van der Waals surface area contributed by atoms with E-state index in [9.17, 15) is 22.8 Å². The molecule has 0 fully saturated rings. The number of carbonyl (C=O) groups is 1. The molecule has 0 aliphatic heterocycles. The first-order valence-corrected chi connectivity index (χ1v) is 7.95. The van der Waals surface area contributed by atoms with E-state index in [1.165, 1.54) is 25.3 Å². The highest BCUT2D eigenvalue weighted by Crippen LogP contribution is 2.29. The summed E-state index contributed by atoms with van der Waals surface area (Å²) in [7, 11) is 1.47. The van der Waals surface area contributed by atoms with Crippen LogP contribution >= 0.6 is 11.8 Å². The number of anilines is 1. The van der Waals surface area contributed by atoms with Crippen LogP contribution in [0.2, 0.25) is 0 Å². The van der Waals surface area contributed by atoms with Gasteiger partial charge in [0.05, 0.1) is 23.6 Å². The summed E-state index contributed by atoms with van der Waals surface area (Å²) in [6.07, 6.45) is -4.43. The molecule has 0 saturated heterocycles. The summed E-state index contributed by atoms with van der Waals surface area (Å²) in [6, 6.07) is 5.40. The number of benzene rings is 1. The van der Waals surface area contributed by atoms with E-state index in [1.54, 1.807) is 0 Å². The Kier molecular flexibility index (Phi) is 6.21. The van der Waals surface area contributed by atoms with E-state index in [1.807, 2.05) is 0 Å². The summed E-state index contributed by atoms with van der Waals surface area (Å²) < 4.78 is 42.3. The molecule has 0 spiro atoms. The van der Waals surface area contributed by atoms with Crippen molar-refractivity contribution in [1.29, 1.82) is 0 Å². The number of alkyl halides is 3. The smallest absolute Gasteiger partial charge is 0.378 e. The van der Waals surface area contributed by atoms with Gasteiger partial charge in [0, 0.05) is 18.9 Å². The maximum atomic E-state index is 12.5. The molecular weight excluding hydrogens is 359 g/mol. The number of aromatic amines is 1. The number of ether oxygens (including phenoxy) is 1. The minimum atomic E-state index is -4.43. The third kappa shape index (κ3) is 5.91. The topological polar surface area (TPSA) is 84.1 Å². The van der Waals surface area contributed by atoms with E-state index in [0.717, 1.165) is 23.9 Å². The molecule has 25 heavy (non-hydrogen) atoms. The number of rotatable bonds is 6. The maximum Gasteiger partial charge on any atom is 0.416 e. The molecule has 0 radical (unpaired) electrons. The summed E-state index contributed by atoms with van der Waals surface area (Å²) in [4.78, 5) is 29.9. The second-order valence-electron chi connectivity index (χ2n) is 4.89. The zero-order chi connectivity index (χ0) is 18.4. The fourth-order valence-corrected chi connectivity index (χ4v) is 2.54. The predicted molar refractivity (Wildman–Crippen MR) is 86.4 cm³/mol. The average Bonchev–Trinajstić information content (AvgIpc) is 2.52. The number of carbonyl (C=O) groups excluding carboxylic acids is 1. The Morgan fingerprint density at radius 3 is 2.60 bits per heavy atom. The highest BCUT2D eigenvalue weighted by molar-refractivity contribution is 7.99. The van der Waals surface area contributed by atoms with E-state index in [-0.39, 0.29) is 28.8 Å². The maximum absolute atomic E-state index is 12.5. The molecule has 0 aliphatic carbocycles. The van der Waals surface area contributed by atoms with Gasteiger partial charge in [-0.3, -0.25) is 9.59 Å². The van der Waals surface area contributed by atoms with Crippen LogP contribution in [0.15, 0.2) is 40.3 Å². The zero-order valence-corrected chi connectivity index (χ0v) is 13.8. The molecule has 2 N–H and O–H groups in total. The Morgan fingerprint density at radius 2 is 2.00 bits per heavy atom. The first-order chi connectivity index (χ1) is 11.8. The van der Waals surface area contributed by atoms with Crippen LogP contribution in [0, 0.1) is 0 Å². The van der Waals surface area contributed by atoms with Crippen LogP contribution in [0.5, 0.6) is 0 Å². The number of aromatic nitrogens is 2. The summed E-state index contributed by atoms with van der Waals surface area (Å²) in [6.45, 7) is 0.162. The molecule has 0 atom stereocenters. The van der Waals surface area contributed by atoms with Gasteiger partial charge < -0.3 is 15.0 Å². The van der Waals surface area contributed by atoms with Crippen molar-refractivity contribution >= 4 is 23.4 Å². The largest absolute Gasteiger partial charge is 0.416 e. The first kappa shape index (κ1) is 19.0. The minimum absolute atomic E-state index is 0.0690. The molecule has 6 nitrogen and oxygen atoms in total. The second kappa shape index (κ2) is 8.17. The van der Waals surface area contributed by atoms with Crippen LogP contribution in [-0.2, 0) is 22.3 Å². The first-order valence-electron chi connectivity index (χ1n) is 6.97. The van der Waals surface area contributed by atoms with E-state index in [4.69, 9.17) is 4.74 Å². The van der Waals surface area contributed by atoms with Crippen LogP contribution in [0.4, 0.5) is 18.9 Å². The van der Waals surface area contributed by atoms with Gasteiger partial charge in [-0.25, -0.2) is 4.98 Å². The average molecular weight is 373 g/mol. The van der Waals surface area contributed by atoms with Crippen LogP contribution < -0.4 is 10.9 Å². The lowest BCUT2D eigenvalue weighted by Crippen LogP contribution is -2.16. The van der Waals surface area contributed by atoms with Gasteiger partial charge in [-0.2, -0.15) is 13.2 Å². The van der Waals surface area contributed by atoms with Crippen molar-refractivity contribution < 1.29 is 22.7 Å². The number of halogens is 3. The molecule has 134 valence electrons. The molecule has 0 bridgehead atoms.